The van der Waals surface area contributed by atoms with Crippen molar-refractivity contribution < 1.29 is 27.9 Å². The number of halogens is 1. The predicted molar refractivity (Wildman–Crippen MR) is 98.5 cm³/mol. The van der Waals surface area contributed by atoms with Crippen molar-refractivity contribution in [2.75, 3.05) is 13.7 Å². The molecule has 2 atom stereocenters. The normalized spacial score (nSPS) is 19.0. The summed E-state index contributed by atoms with van der Waals surface area (Å²) in [5.41, 5.74) is 0.582. The van der Waals surface area contributed by atoms with Gasteiger partial charge in [-0.05, 0) is 24.3 Å². The average molecular weight is 383 g/mol. The van der Waals surface area contributed by atoms with Crippen LogP contribution in [0.15, 0.2) is 59.0 Å². The van der Waals surface area contributed by atoms with Crippen molar-refractivity contribution in [1.29, 1.82) is 0 Å². The van der Waals surface area contributed by atoms with Crippen molar-refractivity contribution >= 4 is 22.8 Å². The third-order valence-electron chi connectivity index (χ3n) is 4.76. The van der Waals surface area contributed by atoms with Gasteiger partial charge >= 0.3 is 5.97 Å². The fourth-order valence-electron chi connectivity index (χ4n) is 3.42. The maximum absolute atomic E-state index is 13.9. The highest BCUT2D eigenvalue weighted by Crippen LogP contribution is 2.28. The Balaban J connectivity index is 1.59. The topological polar surface area (TPSA) is 69.0 Å². The molecule has 1 fully saturated rings. The van der Waals surface area contributed by atoms with Crippen LogP contribution < -0.4 is 4.74 Å². The van der Waals surface area contributed by atoms with Gasteiger partial charge in [0.1, 0.15) is 17.7 Å². The van der Waals surface area contributed by atoms with Crippen LogP contribution in [0, 0.1) is 5.82 Å². The predicted octanol–water partition coefficient (Wildman–Crippen LogP) is 3.41. The van der Waals surface area contributed by atoms with Crippen LogP contribution >= 0.6 is 0 Å². The molecule has 3 aromatic rings. The van der Waals surface area contributed by atoms with Gasteiger partial charge < -0.3 is 18.8 Å². The molecule has 0 unspecified atom stereocenters. The molecule has 6 nitrogen and oxygen atoms in total. The van der Waals surface area contributed by atoms with E-state index in [4.69, 9.17) is 13.9 Å². The molecule has 0 bridgehead atoms. The zero-order valence-electron chi connectivity index (χ0n) is 15.1. The summed E-state index contributed by atoms with van der Waals surface area (Å²) in [5.74, 6) is -1.29. The Hall–Kier alpha value is -3.35. The first kappa shape index (κ1) is 18.0. The summed E-state index contributed by atoms with van der Waals surface area (Å²) in [6, 6.07) is 14.1. The lowest BCUT2D eigenvalue weighted by Gasteiger charge is -2.21. The Labute approximate surface area is 160 Å². The summed E-state index contributed by atoms with van der Waals surface area (Å²) in [4.78, 5) is 26.6. The first-order valence-corrected chi connectivity index (χ1v) is 8.85. The van der Waals surface area contributed by atoms with E-state index in [1.165, 1.54) is 24.1 Å². The Morgan fingerprint density at radius 1 is 1.14 bits per heavy atom. The lowest BCUT2D eigenvalue weighted by Crippen LogP contribution is -2.41. The van der Waals surface area contributed by atoms with Crippen LogP contribution in [-0.2, 0) is 9.53 Å². The number of likely N-dealkylation sites (tertiary alicyclic amines) is 1. The highest BCUT2D eigenvalue weighted by atomic mass is 19.1. The van der Waals surface area contributed by atoms with Gasteiger partial charge in [-0.3, -0.25) is 4.79 Å². The molecule has 1 aliphatic heterocycles. The van der Waals surface area contributed by atoms with Crippen LogP contribution in [0.5, 0.6) is 5.75 Å². The van der Waals surface area contributed by atoms with Crippen LogP contribution in [0.25, 0.3) is 11.0 Å². The van der Waals surface area contributed by atoms with Crippen LogP contribution in [0.4, 0.5) is 4.39 Å². The number of rotatable bonds is 4. The first-order valence-electron chi connectivity index (χ1n) is 8.85. The number of fused-ring (bicyclic) bond motifs is 1. The third kappa shape index (κ3) is 3.31. The Kier molecular flexibility index (Phi) is 4.73. The molecule has 0 saturated carbocycles. The molecule has 1 saturated heterocycles. The van der Waals surface area contributed by atoms with Crippen LogP contribution in [-0.4, -0.2) is 42.6 Å². The number of methoxy groups -OCH3 is 1. The number of nitrogens with zero attached hydrogens (tertiary/aromatic N) is 1. The second-order valence-corrected chi connectivity index (χ2v) is 6.55. The lowest BCUT2D eigenvalue weighted by atomic mass is 10.2. The number of amides is 1. The lowest BCUT2D eigenvalue weighted by molar-refractivity contribution is -0.145. The number of benzene rings is 2. The number of esters is 1. The van der Waals surface area contributed by atoms with Crippen molar-refractivity contribution in [3.8, 4) is 5.75 Å². The molecule has 2 heterocycles. The van der Waals surface area contributed by atoms with Crippen molar-refractivity contribution in [2.45, 2.75) is 18.6 Å². The summed E-state index contributed by atoms with van der Waals surface area (Å²) < 4.78 is 30.1. The highest BCUT2D eigenvalue weighted by Gasteiger charge is 2.42. The molecule has 0 aliphatic carbocycles. The van der Waals surface area contributed by atoms with Crippen molar-refractivity contribution in [3.63, 3.8) is 0 Å². The van der Waals surface area contributed by atoms with Gasteiger partial charge in [0, 0.05) is 11.8 Å². The molecule has 1 aromatic heterocycles. The van der Waals surface area contributed by atoms with E-state index < -0.39 is 29.8 Å². The summed E-state index contributed by atoms with van der Waals surface area (Å²) >= 11 is 0. The van der Waals surface area contributed by atoms with Crippen LogP contribution in [0.1, 0.15) is 17.0 Å². The number of carbonyl (C=O) groups is 2. The van der Waals surface area contributed by atoms with Gasteiger partial charge in [-0.1, -0.05) is 30.3 Å². The number of ether oxygens (including phenoxy) is 2. The molecule has 0 radical (unpaired) electrons. The SMILES string of the molecule is COC(=O)[C@@H]1C[C@@H](Oc2ccccc2F)CN1C(=O)c1cc2ccccc2o1. The number of furan rings is 1. The largest absolute Gasteiger partial charge is 0.485 e. The Bertz CT molecular complexity index is 997. The van der Waals surface area contributed by atoms with Crippen LogP contribution in [0.2, 0.25) is 0 Å². The maximum atomic E-state index is 13.9. The number of hydrogen-bond acceptors (Lipinski definition) is 5. The molecule has 1 amide bonds. The van der Waals surface area contributed by atoms with E-state index in [1.807, 2.05) is 18.2 Å². The molecular formula is C21H18FNO5. The van der Waals surface area contributed by atoms with Crippen LogP contribution in [0.3, 0.4) is 0 Å². The molecule has 0 N–H and O–H groups in total. The Morgan fingerprint density at radius 2 is 1.89 bits per heavy atom. The third-order valence-corrected chi connectivity index (χ3v) is 4.76. The van der Waals surface area contributed by atoms with E-state index in [9.17, 15) is 14.0 Å². The monoisotopic (exact) mass is 383 g/mol. The summed E-state index contributed by atoms with van der Waals surface area (Å²) in [6.07, 6.45) is -0.346. The molecule has 28 heavy (non-hydrogen) atoms. The average Bonchev–Trinajstić information content (AvgIpc) is 3.33. The van der Waals surface area contributed by atoms with E-state index in [0.29, 0.717) is 5.58 Å². The van der Waals surface area contributed by atoms with E-state index in [2.05, 4.69) is 0 Å². The van der Waals surface area contributed by atoms with Gasteiger partial charge in [0.25, 0.3) is 5.91 Å². The summed E-state index contributed by atoms with van der Waals surface area (Å²) in [5, 5.41) is 0.791. The van der Waals surface area contributed by atoms with E-state index in [1.54, 1.807) is 24.3 Å². The molecule has 7 heteroatoms. The standard InChI is InChI=1S/C21H18FNO5/c1-26-21(25)16-11-14(27-18-9-5-3-7-15(18)22)12-23(16)20(24)19-10-13-6-2-4-8-17(13)28-19/h2-10,14,16H,11-12H2,1H3/t14-,16+/m1/s1. The first-order chi connectivity index (χ1) is 13.6. The second-order valence-electron chi connectivity index (χ2n) is 6.55. The van der Waals surface area contributed by atoms with E-state index in [-0.39, 0.29) is 24.5 Å². The maximum Gasteiger partial charge on any atom is 0.328 e. The van der Waals surface area contributed by atoms with Crippen molar-refractivity contribution in [2.24, 2.45) is 0 Å². The van der Waals surface area contributed by atoms with E-state index >= 15 is 0 Å². The zero-order chi connectivity index (χ0) is 19.7. The molecular weight excluding hydrogens is 365 g/mol. The molecule has 1 aliphatic rings. The Morgan fingerprint density at radius 3 is 2.64 bits per heavy atom. The van der Waals surface area contributed by atoms with Gasteiger partial charge in [0.2, 0.25) is 0 Å². The van der Waals surface area contributed by atoms with Gasteiger partial charge in [-0.2, -0.15) is 0 Å². The van der Waals surface area contributed by atoms with E-state index in [0.717, 1.165) is 5.39 Å². The number of hydrogen-bond donors (Lipinski definition) is 0. The summed E-state index contributed by atoms with van der Waals surface area (Å²) in [7, 11) is 1.26. The molecule has 0 spiro atoms. The van der Waals surface area contributed by atoms with Gasteiger partial charge in [-0.25, -0.2) is 9.18 Å². The minimum absolute atomic E-state index is 0.0779. The molecule has 2 aromatic carbocycles. The minimum atomic E-state index is -0.831. The van der Waals surface area contributed by atoms with Gasteiger partial charge in [0.15, 0.2) is 17.3 Å². The van der Waals surface area contributed by atoms with Crippen molar-refractivity contribution in [3.05, 3.63) is 66.2 Å². The zero-order valence-corrected chi connectivity index (χ0v) is 15.1. The highest BCUT2D eigenvalue weighted by molar-refractivity contribution is 5.98. The summed E-state index contributed by atoms with van der Waals surface area (Å²) in [6.45, 7) is 0.115. The van der Waals surface area contributed by atoms with Crippen molar-refractivity contribution in [1.82, 2.24) is 4.90 Å². The van der Waals surface area contributed by atoms with Gasteiger partial charge in [0.05, 0.1) is 13.7 Å². The second kappa shape index (κ2) is 7.34. The number of para-hydroxylation sites is 2. The fraction of sp³-hybridized carbons (Fsp3) is 0.238. The van der Waals surface area contributed by atoms with Gasteiger partial charge in [-0.15, -0.1) is 0 Å². The molecule has 144 valence electrons. The number of carbonyl (C=O) groups excluding carboxylic acids is 2. The smallest absolute Gasteiger partial charge is 0.328 e. The fourth-order valence-corrected chi connectivity index (χ4v) is 3.42. The quantitative estimate of drug-likeness (QED) is 0.646. The molecule has 4 rings (SSSR count). The minimum Gasteiger partial charge on any atom is -0.485 e.